The van der Waals surface area contributed by atoms with Gasteiger partial charge in [-0.05, 0) is 55.4 Å². The molecule has 2 aromatic carbocycles. The Kier molecular flexibility index (Phi) is 6.16. The Morgan fingerprint density at radius 3 is 2.52 bits per heavy atom. The molecule has 1 unspecified atom stereocenters. The summed E-state index contributed by atoms with van der Waals surface area (Å²) < 4.78 is 0. The number of benzene rings is 2. The van der Waals surface area contributed by atoms with Gasteiger partial charge >= 0.3 is 0 Å². The van der Waals surface area contributed by atoms with Crippen LogP contribution in [0.5, 0.6) is 0 Å². The normalized spacial score (nSPS) is 20.9. The summed E-state index contributed by atoms with van der Waals surface area (Å²) in [7, 11) is 0. The second kappa shape index (κ2) is 9.38. The summed E-state index contributed by atoms with van der Waals surface area (Å²) in [5.74, 6) is 0.310. The number of amides is 3. The molecule has 2 aromatic rings. The van der Waals surface area contributed by atoms with Crippen LogP contribution in [0.25, 0.3) is 0 Å². The van der Waals surface area contributed by atoms with Gasteiger partial charge in [0.05, 0.1) is 17.8 Å². The van der Waals surface area contributed by atoms with E-state index in [0.717, 1.165) is 12.0 Å². The van der Waals surface area contributed by atoms with Gasteiger partial charge in [-0.3, -0.25) is 14.4 Å². The van der Waals surface area contributed by atoms with E-state index >= 15 is 0 Å². The van der Waals surface area contributed by atoms with Gasteiger partial charge in [0.25, 0.3) is 11.8 Å². The van der Waals surface area contributed by atoms with Crippen LogP contribution in [0.15, 0.2) is 48.5 Å². The summed E-state index contributed by atoms with van der Waals surface area (Å²) in [5.41, 5.74) is 2.56. The fourth-order valence-corrected chi connectivity index (χ4v) is 5.55. The molecular weight excluding hydrogens is 414 g/mol. The fourth-order valence-electron chi connectivity index (χ4n) is 5.55. The largest absolute Gasteiger partial charge is 0.352 e. The van der Waals surface area contributed by atoms with Crippen molar-refractivity contribution >= 4 is 23.4 Å². The van der Waals surface area contributed by atoms with Crippen LogP contribution in [0.2, 0.25) is 0 Å². The molecule has 6 nitrogen and oxygen atoms in total. The molecule has 0 bridgehead atoms. The topological polar surface area (TPSA) is 69.7 Å². The Morgan fingerprint density at radius 1 is 0.909 bits per heavy atom. The number of rotatable bonds is 5. The summed E-state index contributed by atoms with van der Waals surface area (Å²) in [5, 5.41) is 3.13. The average molecular weight is 446 g/mol. The molecule has 1 saturated heterocycles. The highest BCUT2D eigenvalue weighted by molar-refractivity contribution is 6.11. The number of hydrogen-bond acceptors (Lipinski definition) is 3. The van der Waals surface area contributed by atoms with Crippen LogP contribution < -0.4 is 10.2 Å². The van der Waals surface area contributed by atoms with Gasteiger partial charge in [0, 0.05) is 18.7 Å². The third kappa shape index (κ3) is 4.26. The molecular formula is C27H31N3O3. The number of hydrogen-bond donors (Lipinski definition) is 1. The summed E-state index contributed by atoms with van der Waals surface area (Å²) in [6, 6.07) is 14.4. The van der Waals surface area contributed by atoms with Gasteiger partial charge in [0.2, 0.25) is 5.91 Å². The number of nitrogens with one attached hydrogen (secondary N) is 1. The van der Waals surface area contributed by atoms with E-state index in [-0.39, 0.29) is 24.3 Å². The lowest BCUT2D eigenvalue weighted by atomic mass is 9.89. The van der Waals surface area contributed by atoms with Gasteiger partial charge in [-0.15, -0.1) is 0 Å². The molecule has 2 fully saturated rings. The maximum Gasteiger partial charge on any atom is 0.256 e. The van der Waals surface area contributed by atoms with Crippen molar-refractivity contribution in [3.63, 3.8) is 0 Å². The number of carbonyl (C=O) groups is 3. The first kappa shape index (κ1) is 21.7. The highest BCUT2D eigenvalue weighted by atomic mass is 16.2. The Morgan fingerprint density at radius 2 is 1.67 bits per heavy atom. The Balaban J connectivity index is 1.41. The summed E-state index contributed by atoms with van der Waals surface area (Å²) in [4.78, 5) is 43.3. The number of anilines is 1. The second-order valence-corrected chi connectivity index (χ2v) is 9.47. The van der Waals surface area contributed by atoms with Crippen molar-refractivity contribution in [1.82, 2.24) is 10.2 Å². The standard InChI is InChI=1S/C27H31N3O3/c31-25(28-17-19-9-2-1-3-10-19)21-12-5-4-11-20(21)18-30-23-14-7-6-13-22(23)26(32)29-16-8-15-24(29)27(30)33/h4-7,11-14,19,24H,1-3,8-10,15-18H2,(H,28,31). The van der Waals surface area contributed by atoms with Crippen LogP contribution in [0.1, 0.15) is 71.2 Å². The van der Waals surface area contributed by atoms with Crippen LogP contribution in [0, 0.1) is 5.92 Å². The molecule has 0 spiro atoms. The van der Waals surface area contributed by atoms with E-state index in [9.17, 15) is 14.4 Å². The predicted molar refractivity (Wildman–Crippen MR) is 127 cm³/mol. The SMILES string of the molecule is O=C(NCC1CCCCC1)c1ccccc1CN1C(=O)C2CCCN2C(=O)c2ccccc21. The van der Waals surface area contributed by atoms with Gasteiger partial charge in [-0.2, -0.15) is 0 Å². The van der Waals surface area contributed by atoms with Crippen molar-refractivity contribution < 1.29 is 14.4 Å². The Bertz CT molecular complexity index is 1060. The predicted octanol–water partition coefficient (Wildman–Crippen LogP) is 4.15. The molecule has 172 valence electrons. The zero-order valence-corrected chi connectivity index (χ0v) is 19.0. The first-order valence-electron chi connectivity index (χ1n) is 12.2. The lowest BCUT2D eigenvalue weighted by Crippen LogP contribution is -2.44. The first-order valence-corrected chi connectivity index (χ1v) is 12.2. The van der Waals surface area contributed by atoms with E-state index in [1.165, 1.54) is 32.1 Å². The summed E-state index contributed by atoms with van der Waals surface area (Å²) >= 11 is 0. The van der Waals surface area contributed by atoms with Crippen LogP contribution in [0.3, 0.4) is 0 Å². The molecule has 1 saturated carbocycles. The first-order chi connectivity index (χ1) is 16.1. The highest BCUT2D eigenvalue weighted by Crippen LogP contribution is 2.33. The van der Waals surface area contributed by atoms with E-state index < -0.39 is 6.04 Å². The van der Waals surface area contributed by atoms with E-state index in [0.29, 0.717) is 42.2 Å². The Hall–Kier alpha value is -3.15. The molecule has 1 atom stereocenters. The average Bonchev–Trinajstić information content (AvgIpc) is 3.33. The van der Waals surface area contributed by atoms with Crippen molar-refractivity contribution in [1.29, 1.82) is 0 Å². The molecule has 0 aromatic heterocycles. The van der Waals surface area contributed by atoms with Crippen LogP contribution in [-0.4, -0.2) is 41.8 Å². The molecule has 33 heavy (non-hydrogen) atoms. The van der Waals surface area contributed by atoms with E-state index in [4.69, 9.17) is 0 Å². The molecule has 1 N–H and O–H groups in total. The summed E-state index contributed by atoms with van der Waals surface area (Å²) in [6.07, 6.45) is 7.63. The molecule has 3 amide bonds. The zero-order chi connectivity index (χ0) is 22.8. The smallest absolute Gasteiger partial charge is 0.256 e. The van der Waals surface area contributed by atoms with Crippen molar-refractivity contribution in [2.45, 2.75) is 57.5 Å². The third-order valence-electron chi connectivity index (χ3n) is 7.36. The van der Waals surface area contributed by atoms with E-state index in [2.05, 4.69) is 5.32 Å². The maximum absolute atomic E-state index is 13.6. The van der Waals surface area contributed by atoms with Gasteiger partial charge < -0.3 is 15.1 Å². The van der Waals surface area contributed by atoms with Crippen molar-refractivity contribution in [3.8, 4) is 0 Å². The van der Waals surface area contributed by atoms with Gasteiger partial charge in [-0.25, -0.2) is 0 Å². The molecule has 0 radical (unpaired) electrons. The highest BCUT2D eigenvalue weighted by Gasteiger charge is 2.42. The van der Waals surface area contributed by atoms with Crippen molar-refractivity contribution in [3.05, 3.63) is 65.2 Å². The van der Waals surface area contributed by atoms with Gasteiger partial charge in [0.1, 0.15) is 6.04 Å². The Labute approximate surface area is 194 Å². The number of carbonyl (C=O) groups excluding carboxylic acids is 3. The lowest BCUT2D eigenvalue weighted by Gasteiger charge is -2.27. The maximum atomic E-state index is 13.6. The zero-order valence-electron chi connectivity index (χ0n) is 19.0. The minimum absolute atomic E-state index is 0.0665. The molecule has 5 rings (SSSR count). The fraction of sp³-hybridized carbons (Fsp3) is 0.444. The molecule has 1 aliphatic carbocycles. The minimum atomic E-state index is -0.433. The van der Waals surface area contributed by atoms with E-state index in [1.54, 1.807) is 15.9 Å². The molecule has 2 heterocycles. The quantitative estimate of drug-likeness (QED) is 0.752. The lowest BCUT2D eigenvalue weighted by molar-refractivity contribution is -0.122. The van der Waals surface area contributed by atoms with Gasteiger partial charge in [-0.1, -0.05) is 49.6 Å². The van der Waals surface area contributed by atoms with Crippen LogP contribution in [0.4, 0.5) is 5.69 Å². The van der Waals surface area contributed by atoms with E-state index in [1.807, 2.05) is 42.5 Å². The monoisotopic (exact) mass is 445 g/mol. The molecule has 6 heteroatoms. The minimum Gasteiger partial charge on any atom is -0.352 e. The molecule has 3 aliphatic rings. The van der Waals surface area contributed by atoms with Crippen molar-refractivity contribution in [2.75, 3.05) is 18.0 Å². The number of fused-ring (bicyclic) bond motifs is 2. The second-order valence-electron chi connectivity index (χ2n) is 9.47. The summed E-state index contributed by atoms with van der Waals surface area (Å²) in [6.45, 7) is 1.57. The van der Waals surface area contributed by atoms with Crippen LogP contribution >= 0.6 is 0 Å². The third-order valence-corrected chi connectivity index (χ3v) is 7.36. The van der Waals surface area contributed by atoms with Crippen LogP contribution in [-0.2, 0) is 11.3 Å². The molecule has 2 aliphatic heterocycles. The number of para-hydroxylation sites is 1. The van der Waals surface area contributed by atoms with Crippen molar-refractivity contribution in [2.24, 2.45) is 5.92 Å². The number of nitrogens with zero attached hydrogens (tertiary/aromatic N) is 2. The van der Waals surface area contributed by atoms with Gasteiger partial charge in [0.15, 0.2) is 0 Å².